The van der Waals surface area contributed by atoms with Crippen LogP contribution in [0.15, 0.2) is 42.5 Å². The lowest BCUT2D eigenvalue weighted by molar-refractivity contribution is -0.133. The zero-order valence-electron chi connectivity index (χ0n) is 15.8. The molecule has 0 amide bonds. The Bertz CT molecular complexity index is 978. The number of ether oxygens (including phenoxy) is 2. The minimum absolute atomic E-state index is 0.0268. The van der Waals surface area contributed by atoms with Crippen LogP contribution in [0.4, 0.5) is 0 Å². The number of fused-ring (bicyclic) bond motifs is 1. The molecule has 1 aromatic heterocycles. The van der Waals surface area contributed by atoms with Gasteiger partial charge in [-0.2, -0.15) is 0 Å². The van der Waals surface area contributed by atoms with Crippen LogP contribution in [-0.4, -0.2) is 35.0 Å². The van der Waals surface area contributed by atoms with Crippen LogP contribution in [0, 0.1) is 0 Å². The molecule has 0 saturated carbocycles. The van der Waals surface area contributed by atoms with Gasteiger partial charge in [-0.25, -0.2) is 4.98 Å². The van der Waals surface area contributed by atoms with Gasteiger partial charge in [0.15, 0.2) is 11.5 Å². The Labute approximate surface area is 172 Å². The number of carbonyl (C=O) groups is 1. The predicted molar refractivity (Wildman–Crippen MR) is 116 cm³/mol. The molecule has 7 heteroatoms. The first-order valence-electron chi connectivity index (χ1n) is 8.74. The van der Waals surface area contributed by atoms with Gasteiger partial charge in [0.25, 0.3) is 0 Å². The van der Waals surface area contributed by atoms with Gasteiger partial charge in [-0.3, -0.25) is 4.79 Å². The maximum atomic E-state index is 11.2. The van der Waals surface area contributed by atoms with E-state index in [0.29, 0.717) is 11.5 Å². The molecule has 0 aliphatic heterocycles. The molecule has 1 heterocycles. The molecule has 1 N–H and O–H groups in total. The van der Waals surface area contributed by atoms with Crippen molar-refractivity contribution in [3.63, 3.8) is 0 Å². The summed E-state index contributed by atoms with van der Waals surface area (Å²) in [6.45, 7) is 3.90. The van der Waals surface area contributed by atoms with Gasteiger partial charge in [0, 0.05) is 10.5 Å². The van der Waals surface area contributed by atoms with Gasteiger partial charge in [-0.05, 0) is 38.1 Å². The fraction of sp³-hybridized carbons (Fsp3) is 0.238. The number of aromatic nitrogens is 1. The molecule has 0 unspecified atom stereocenters. The molecule has 5 nitrogen and oxygen atoms in total. The van der Waals surface area contributed by atoms with Gasteiger partial charge in [-0.1, -0.05) is 24.3 Å². The van der Waals surface area contributed by atoms with Crippen LogP contribution in [0.2, 0.25) is 0 Å². The van der Waals surface area contributed by atoms with E-state index in [-0.39, 0.29) is 11.9 Å². The van der Waals surface area contributed by atoms with Crippen molar-refractivity contribution in [3.8, 4) is 11.5 Å². The van der Waals surface area contributed by atoms with Crippen LogP contribution in [0.25, 0.3) is 21.2 Å². The van der Waals surface area contributed by atoms with Crippen LogP contribution >= 0.6 is 23.1 Å². The third-order valence-corrected chi connectivity index (χ3v) is 5.94. The highest BCUT2D eigenvalue weighted by atomic mass is 32.2. The molecule has 2 aromatic carbocycles. The van der Waals surface area contributed by atoms with E-state index >= 15 is 0 Å². The topological polar surface area (TPSA) is 68.7 Å². The maximum absolute atomic E-state index is 11.2. The number of hydrogen-bond acceptors (Lipinski definition) is 6. The van der Waals surface area contributed by atoms with Crippen LogP contribution in [0.3, 0.4) is 0 Å². The monoisotopic (exact) mass is 415 g/mol. The molecule has 0 aliphatic carbocycles. The number of aliphatic carboxylic acids is 1. The van der Waals surface area contributed by atoms with Crippen molar-refractivity contribution < 1.29 is 19.4 Å². The third kappa shape index (κ3) is 4.85. The first-order chi connectivity index (χ1) is 13.5. The number of thioether (sulfide) groups is 1. The first-order valence-corrected chi connectivity index (χ1v) is 10.5. The Balaban J connectivity index is 2.09. The second kappa shape index (κ2) is 9.12. The van der Waals surface area contributed by atoms with Gasteiger partial charge >= 0.3 is 5.97 Å². The van der Waals surface area contributed by atoms with Gasteiger partial charge in [0.2, 0.25) is 0 Å². The van der Waals surface area contributed by atoms with Gasteiger partial charge < -0.3 is 14.6 Å². The zero-order chi connectivity index (χ0) is 20.1. The number of hydrogen-bond donors (Lipinski definition) is 1. The predicted octanol–water partition coefficient (Wildman–Crippen LogP) is 5.41. The van der Waals surface area contributed by atoms with E-state index in [9.17, 15) is 4.79 Å². The SMILES string of the molecule is COc1cccc(/C=C(\SCC(=O)O)c2nc3ccccc3s2)c1OC(C)C. The van der Waals surface area contributed by atoms with E-state index in [1.165, 1.54) is 11.8 Å². The standard InChI is InChI=1S/C21H21NO4S2/c1-13(2)26-20-14(7-6-9-16(20)25-3)11-18(27-12-19(23)24)21-22-15-8-4-5-10-17(15)28-21/h4-11,13H,12H2,1-3H3,(H,23,24)/b18-11-. The molecule has 0 bridgehead atoms. The number of methoxy groups -OCH3 is 1. The van der Waals surface area contributed by atoms with Crippen molar-refractivity contribution in [2.75, 3.05) is 12.9 Å². The normalized spacial score (nSPS) is 11.8. The van der Waals surface area contributed by atoms with Crippen molar-refractivity contribution in [1.82, 2.24) is 4.98 Å². The molecule has 3 rings (SSSR count). The van der Waals surface area contributed by atoms with Crippen LogP contribution in [0.1, 0.15) is 24.4 Å². The Hall–Kier alpha value is -2.51. The summed E-state index contributed by atoms with van der Waals surface area (Å²) in [5.41, 5.74) is 1.72. The summed E-state index contributed by atoms with van der Waals surface area (Å²) in [5, 5.41) is 9.94. The minimum Gasteiger partial charge on any atom is -0.493 e. The molecular weight excluding hydrogens is 394 g/mol. The molecule has 3 aromatic rings. The lowest BCUT2D eigenvalue weighted by Crippen LogP contribution is -2.08. The molecule has 28 heavy (non-hydrogen) atoms. The van der Waals surface area contributed by atoms with Crippen molar-refractivity contribution in [2.24, 2.45) is 0 Å². The number of benzene rings is 2. The Morgan fingerprint density at radius 1 is 1.25 bits per heavy atom. The summed E-state index contributed by atoms with van der Waals surface area (Å²) in [7, 11) is 1.60. The van der Waals surface area contributed by atoms with E-state index in [0.717, 1.165) is 25.7 Å². The number of carboxylic acids is 1. The van der Waals surface area contributed by atoms with E-state index < -0.39 is 5.97 Å². The largest absolute Gasteiger partial charge is 0.493 e. The Morgan fingerprint density at radius 2 is 2.04 bits per heavy atom. The number of rotatable bonds is 8. The Kier molecular flexibility index (Phi) is 6.59. The van der Waals surface area contributed by atoms with Crippen molar-refractivity contribution in [3.05, 3.63) is 53.0 Å². The van der Waals surface area contributed by atoms with E-state index in [1.54, 1.807) is 18.4 Å². The molecule has 0 saturated heterocycles. The van der Waals surface area contributed by atoms with Crippen LogP contribution in [-0.2, 0) is 4.79 Å². The van der Waals surface area contributed by atoms with Gasteiger partial charge in [0.1, 0.15) is 5.01 Å². The summed E-state index contributed by atoms with van der Waals surface area (Å²) < 4.78 is 12.5. The molecule has 0 radical (unpaired) electrons. The summed E-state index contributed by atoms with van der Waals surface area (Å²) >= 11 is 2.79. The number of thiazole rings is 1. The van der Waals surface area contributed by atoms with Crippen LogP contribution in [0.5, 0.6) is 11.5 Å². The lowest BCUT2D eigenvalue weighted by Gasteiger charge is -2.16. The zero-order valence-corrected chi connectivity index (χ0v) is 17.5. The molecule has 0 atom stereocenters. The fourth-order valence-corrected chi connectivity index (χ4v) is 4.43. The Morgan fingerprint density at radius 3 is 2.71 bits per heavy atom. The second-order valence-corrected chi connectivity index (χ2v) is 8.27. The number of nitrogens with zero attached hydrogens (tertiary/aromatic N) is 1. The van der Waals surface area contributed by atoms with E-state index in [1.807, 2.05) is 62.4 Å². The minimum atomic E-state index is -0.874. The van der Waals surface area contributed by atoms with Crippen molar-refractivity contribution in [2.45, 2.75) is 20.0 Å². The lowest BCUT2D eigenvalue weighted by atomic mass is 10.1. The maximum Gasteiger partial charge on any atom is 0.313 e. The van der Waals surface area contributed by atoms with Crippen molar-refractivity contribution >= 4 is 50.3 Å². The molecule has 0 fully saturated rings. The summed E-state index contributed by atoms with van der Waals surface area (Å²) in [5.74, 6) is 0.344. The molecule has 0 aliphatic rings. The van der Waals surface area contributed by atoms with Gasteiger partial charge in [-0.15, -0.1) is 23.1 Å². The van der Waals surface area contributed by atoms with Crippen molar-refractivity contribution in [1.29, 1.82) is 0 Å². The quantitative estimate of drug-likeness (QED) is 0.531. The second-order valence-electron chi connectivity index (χ2n) is 6.22. The number of carboxylic acid groups (broad SMARTS) is 1. The first kappa shape index (κ1) is 20.2. The number of para-hydroxylation sites is 2. The van der Waals surface area contributed by atoms with Gasteiger partial charge in [0.05, 0.1) is 29.2 Å². The average Bonchev–Trinajstić information content (AvgIpc) is 3.09. The van der Waals surface area contributed by atoms with E-state index in [4.69, 9.17) is 14.6 Å². The highest BCUT2D eigenvalue weighted by Gasteiger charge is 2.16. The highest BCUT2D eigenvalue weighted by Crippen LogP contribution is 2.39. The smallest absolute Gasteiger partial charge is 0.313 e. The third-order valence-electron chi connectivity index (χ3n) is 3.73. The molecule has 0 spiro atoms. The average molecular weight is 416 g/mol. The molecular formula is C21H21NO4S2. The summed E-state index contributed by atoms with van der Waals surface area (Å²) in [4.78, 5) is 16.6. The van der Waals surface area contributed by atoms with Crippen LogP contribution < -0.4 is 9.47 Å². The summed E-state index contributed by atoms with van der Waals surface area (Å²) in [6, 6.07) is 13.5. The van der Waals surface area contributed by atoms with E-state index in [2.05, 4.69) is 4.98 Å². The fourth-order valence-electron chi connectivity index (χ4n) is 2.59. The summed E-state index contributed by atoms with van der Waals surface area (Å²) in [6.07, 6.45) is 1.90. The highest BCUT2D eigenvalue weighted by molar-refractivity contribution is 8.09. The molecule has 146 valence electrons.